The number of sulfonamides is 1. The first-order chi connectivity index (χ1) is 12.9. The number of benzene rings is 2. The summed E-state index contributed by atoms with van der Waals surface area (Å²) < 4.78 is 32.1. The van der Waals surface area contributed by atoms with E-state index in [-0.39, 0.29) is 10.8 Å². The number of carbonyl (C=O) groups is 1. The van der Waals surface area contributed by atoms with Crippen molar-refractivity contribution < 1.29 is 17.9 Å². The highest BCUT2D eigenvalue weighted by Crippen LogP contribution is 2.20. The number of nitrogens with one attached hydrogen (secondary N) is 1. The Balaban J connectivity index is 2.15. The molecule has 146 valence electrons. The van der Waals surface area contributed by atoms with Crippen LogP contribution in [0.4, 0.5) is 5.69 Å². The second-order valence-electron chi connectivity index (χ2n) is 5.94. The van der Waals surface area contributed by atoms with Gasteiger partial charge in [0.25, 0.3) is 5.91 Å². The van der Waals surface area contributed by atoms with Crippen molar-refractivity contribution in [2.75, 3.05) is 25.0 Å². The molecule has 0 aliphatic carbocycles. The summed E-state index contributed by atoms with van der Waals surface area (Å²) in [7, 11) is -3.57. The van der Waals surface area contributed by atoms with Crippen molar-refractivity contribution in [3.05, 3.63) is 54.1 Å². The van der Waals surface area contributed by atoms with Gasteiger partial charge in [0.15, 0.2) is 0 Å². The number of amides is 1. The van der Waals surface area contributed by atoms with Gasteiger partial charge in [-0.25, -0.2) is 8.42 Å². The van der Waals surface area contributed by atoms with E-state index in [0.29, 0.717) is 36.7 Å². The Morgan fingerprint density at radius 3 is 2.30 bits per heavy atom. The highest BCUT2D eigenvalue weighted by molar-refractivity contribution is 7.89. The average molecular weight is 391 g/mol. The molecule has 0 aromatic heterocycles. The number of hydrogen-bond donors (Lipinski definition) is 1. The maximum absolute atomic E-state index is 12.6. The topological polar surface area (TPSA) is 75.7 Å². The minimum Gasteiger partial charge on any atom is -0.494 e. The van der Waals surface area contributed by atoms with Crippen LogP contribution in [0.15, 0.2) is 53.4 Å². The Morgan fingerprint density at radius 1 is 1.04 bits per heavy atom. The molecule has 0 aliphatic rings. The van der Waals surface area contributed by atoms with Crippen LogP contribution in [0, 0.1) is 0 Å². The Bertz CT molecular complexity index is 860. The summed E-state index contributed by atoms with van der Waals surface area (Å²) in [5.74, 6) is 0.398. The van der Waals surface area contributed by atoms with Gasteiger partial charge in [0, 0.05) is 24.3 Å². The van der Waals surface area contributed by atoms with Crippen LogP contribution in [-0.2, 0) is 10.0 Å². The van der Waals surface area contributed by atoms with Gasteiger partial charge >= 0.3 is 0 Å². The first-order valence-electron chi connectivity index (χ1n) is 9.06. The van der Waals surface area contributed by atoms with E-state index in [2.05, 4.69) is 5.32 Å². The predicted octanol–water partition coefficient (Wildman–Crippen LogP) is 3.76. The molecule has 7 heteroatoms. The Kier molecular flexibility index (Phi) is 7.38. The molecule has 2 aromatic carbocycles. The number of nitrogens with zero attached hydrogens (tertiary/aromatic N) is 1. The van der Waals surface area contributed by atoms with E-state index in [1.54, 1.807) is 50.2 Å². The summed E-state index contributed by atoms with van der Waals surface area (Å²) in [4.78, 5) is 12.6. The summed E-state index contributed by atoms with van der Waals surface area (Å²) in [6.45, 7) is 7.01. The van der Waals surface area contributed by atoms with Gasteiger partial charge in [0.2, 0.25) is 10.0 Å². The van der Waals surface area contributed by atoms with Crippen molar-refractivity contribution >= 4 is 21.6 Å². The van der Waals surface area contributed by atoms with Crippen molar-refractivity contribution in [2.45, 2.75) is 32.1 Å². The quantitative estimate of drug-likeness (QED) is 0.707. The SMILES string of the molecule is CCCOc1ccc(C(=O)Nc2cccc(S(=O)(=O)N(CC)CC)c2)cc1. The fourth-order valence-corrected chi connectivity index (χ4v) is 4.08. The molecule has 1 N–H and O–H groups in total. The van der Waals surface area contributed by atoms with Gasteiger partial charge in [-0.3, -0.25) is 4.79 Å². The van der Waals surface area contributed by atoms with E-state index in [4.69, 9.17) is 4.74 Å². The van der Waals surface area contributed by atoms with E-state index in [0.717, 1.165) is 6.42 Å². The van der Waals surface area contributed by atoms with Gasteiger partial charge in [0.05, 0.1) is 11.5 Å². The highest BCUT2D eigenvalue weighted by atomic mass is 32.2. The first-order valence-corrected chi connectivity index (χ1v) is 10.5. The molecule has 1 amide bonds. The van der Waals surface area contributed by atoms with Crippen LogP contribution in [-0.4, -0.2) is 38.3 Å². The van der Waals surface area contributed by atoms with Gasteiger partial charge in [-0.2, -0.15) is 4.31 Å². The summed E-state index contributed by atoms with van der Waals surface area (Å²) in [5, 5.41) is 2.75. The van der Waals surface area contributed by atoms with Gasteiger partial charge < -0.3 is 10.1 Å². The van der Waals surface area contributed by atoms with Crippen LogP contribution in [0.3, 0.4) is 0 Å². The van der Waals surface area contributed by atoms with Gasteiger partial charge in [-0.05, 0) is 48.9 Å². The molecule has 6 nitrogen and oxygen atoms in total. The molecule has 0 bridgehead atoms. The van der Waals surface area contributed by atoms with Gasteiger partial charge in [-0.1, -0.05) is 26.8 Å². The second kappa shape index (κ2) is 9.53. The van der Waals surface area contributed by atoms with E-state index < -0.39 is 10.0 Å². The molecule has 0 aliphatic heterocycles. The maximum atomic E-state index is 12.6. The zero-order valence-electron chi connectivity index (χ0n) is 15.9. The monoisotopic (exact) mass is 390 g/mol. The molecule has 2 rings (SSSR count). The van der Waals surface area contributed by atoms with E-state index in [1.807, 2.05) is 6.92 Å². The van der Waals surface area contributed by atoms with Crippen LogP contribution >= 0.6 is 0 Å². The van der Waals surface area contributed by atoms with Gasteiger partial charge in [-0.15, -0.1) is 0 Å². The summed E-state index contributed by atoms with van der Waals surface area (Å²) >= 11 is 0. The Hall–Kier alpha value is -2.38. The standard InChI is InChI=1S/C20H26N2O4S/c1-4-14-26-18-12-10-16(11-13-18)20(23)21-17-8-7-9-19(15-17)27(24,25)22(5-2)6-3/h7-13,15H,4-6,14H2,1-3H3,(H,21,23). The molecular formula is C20H26N2O4S. The lowest BCUT2D eigenvalue weighted by atomic mass is 10.2. The molecule has 0 heterocycles. The Morgan fingerprint density at radius 2 is 1.70 bits per heavy atom. The highest BCUT2D eigenvalue weighted by Gasteiger charge is 2.21. The van der Waals surface area contributed by atoms with Crippen molar-refractivity contribution in [3.63, 3.8) is 0 Å². The molecule has 0 fully saturated rings. The lowest BCUT2D eigenvalue weighted by Crippen LogP contribution is -2.30. The summed E-state index contributed by atoms with van der Waals surface area (Å²) in [6.07, 6.45) is 0.912. The lowest BCUT2D eigenvalue weighted by Gasteiger charge is -2.18. The van der Waals surface area contributed by atoms with Crippen molar-refractivity contribution in [1.82, 2.24) is 4.31 Å². The van der Waals surface area contributed by atoms with E-state index in [1.165, 1.54) is 16.4 Å². The fraction of sp³-hybridized carbons (Fsp3) is 0.350. The minimum atomic E-state index is -3.57. The average Bonchev–Trinajstić information content (AvgIpc) is 2.67. The third-order valence-corrected chi connectivity index (χ3v) is 6.07. The molecule has 0 atom stereocenters. The molecular weight excluding hydrogens is 364 g/mol. The normalized spacial score (nSPS) is 11.4. The summed E-state index contributed by atoms with van der Waals surface area (Å²) in [6, 6.07) is 13.1. The third kappa shape index (κ3) is 5.30. The van der Waals surface area contributed by atoms with Gasteiger partial charge in [0.1, 0.15) is 5.75 Å². The molecule has 0 spiro atoms. The molecule has 0 saturated heterocycles. The van der Waals surface area contributed by atoms with Crippen molar-refractivity contribution in [3.8, 4) is 5.75 Å². The Labute approximate surface area is 161 Å². The van der Waals surface area contributed by atoms with Crippen LogP contribution < -0.4 is 10.1 Å². The largest absolute Gasteiger partial charge is 0.494 e. The summed E-state index contributed by atoms with van der Waals surface area (Å²) in [5.41, 5.74) is 0.899. The number of rotatable bonds is 9. The maximum Gasteiger partial charge on any atom is 0.255 e. The van der Waals surface area contributed by atoms with E-state index in [9.17, 15) is 13.2 Å². The van der Waals surface area contributed by atoms with Crippen LogP contribution in [0.25, 0.3) is 0 Å². The van der Waals surface area contributed by atoms with Crippen LogP contribution in [0.1, 0.15) is 37.6 Å². The zero-order valence-corrected chi connectivity index (χ0v) is 16.8. The number of hydrogen-bond acceptors (Lipinski definition) is 4. The van der Waals surface area contributed by atoms with Crippen molar-refractivity contribution in [2.24, 2.45) is 0 Å². The van der Waals surface area contributed by atoms with E-state index >= 15 is 0 Å². The molecule has 0 saturated carbocycles. The number of anilines is 1. The molecule has 0 radical (unpaired) electrons. The second-order valence-corrected chi connectivity index (χ2v) is 7.88. The smallest absolute Gasteiger partial charge is 0.255 e. The molecule has 0 unspecified atom stereocenters. The molecule has 27 heavy (non-hydrogen) atoms. The first kappa shape index (κ1) is 20.9. The zero-order chi connectivity index (χ0) is 19.9. The number of ether oxygens (including phenoxy) is 1. The number of carbonyl (C=O) groups excluding carboxylic acids is 1. The predicted molar refractivity (Wildman–Crippen MR) is 107 cm³/mol. The van der Waals surface area contributed by atoms with Crippen molar-refractivity contribution in [1.29, 1.82) is 0 Å². The van der Waals surface area contributed by atoms with Crippen LogP contribution in [0.5, 0.6) is 5.75 Å². The minimum absolute atomic E-state index is 0.160. The lowest BCUT2D eigenvalue weighted by molar-refractivity contribution is 0.102. The van der Waals surface area contributed by atoms with Crippen LogP contribution in [0.2, 0.25) is 0 Å². The fourth-order valence-electron chi connectivity index (χ4n) is 2.57. The molecule has 2 aromatic rings. The third-order valence-electron chi connectivity index (χ3n) is 4.02.